The van der Waals surface area contributed by atoms with Crippen LogP contribution in [0.3, 0.4) is 0 Å². The summed E-state index contributed by atoms with van der Waals surface area (Å²) in [6, 6.07) is 6.27. The van der Waals surface area contributed by atoms with Crippen LogP contribution in [0.25, 0.3) is 0 Å². The van der Waals surface area contributed by atoms with Gasteiger partial charge in [0.25, 0.3) is 17.7 Å². The molecule has 0 bridgehead atoms. The largest absolute Gasteiger partial charge is 0.300 e. The fourth-order valence-electron chi connectivity index (χ4n) is 2.82. The number of piperidine rings is 1. The highest BCUT2D eigenvalue weighted by atomic mass is 16.5. The highest BCUT2D eigenvalue weighted by Gasteiger charge is 2.42. The average molecular weight is 286 g/mol. The molecule has 1 fully saturated rings. The standard InChI is InChI=1S/C15H14N2O4/c1-9-8-10-4-2-3-5-11(10)14(19)16(9)12-6-7-13(18)17(21)15(12)20/h2-5,12,21H,1,6-8H2. The van der Waals surface area contributed by atoms with E-state index in [9.17, 15) is 19.6 Å². The van der Waals surface area contributed by atoms with E-state index in [-0.39, 0.29) is 23.8 Å². The second-order valence-electron chi connectivity index (χ2n) is 5.17. The van der Waals surface area contributed by atoms with Crippen LogP contribution in [-0.4, -0.2) is 38.9 Å². The Morgan fingerprint density at radius 2 is 1.90 bits per heavy atom. The van der Waals surface area contributed by atoms with Crippen molar-refractivity contribution in [2.75, 3.05) is 0 Å². The Balaban J connectivity index is 1.96. The molecule has 1 atom stereocenters. The lowest BCUT2D eigenvalue weighted by molar-refractivity contribution is -0.186. The van der Waals surface area contributed by atoms with E-state index in [1.165, 1.54) is 4.90 Å². The van der Waals surface area contributed by atoms with Gasteiger partial charge in [0.15, 0.2) is 0 Å². The quantitative estimate of drug-likeness (QED) is 0.619. The maximum atomic E-state index is 12.6. The second kappa shape index (κ2) is 4.82. The third-order valence-corrected chi connectivity index (χ3v) is 3.88. The van der Waals surface area contributed by atoms with Crippen LogP contribution < -0.4 is 0 Å². The Morgan fingerprint density at radius 1 is 1.19 bits per heavy atom. The fourth-order valence-corrected chi connectivity index (χ4v) is 2.82. The molecule has 1 unspecified atom stereocenters. The number of amides is 3. The zero-order chi connectivity index (χ0) is 15.1. The van der Waals surface area contributed by atoms with E-state index in [1.807, 2.05) is 12.1 Å². The molecule has 1 saturated heterocycles. The van der Waals surface area contributed by atoms with E-state index < -0.39 is 17.9 Å². The number of rotatable bonds is 1. The predicted molar refractivity (Wildman–Crippen MR) is 72.1 cm³/mol. The summed E-state index contributed by atoms with van der Waals surface area (Å²) in [7, 11) is 0. The molecule has 2 aliphatic heterocycles. The van der Waals surface area contributed by atoms with Gasteiger partial charge in [0.2, 0.25) is 0 Å². The van der Waals surface area contributed by atoms with Crippen LogP contribution in [-0.2, 0) is 16.0 Å². The van der Waals surface area contributed by atoms with Crippen LogP contribution in [0, 0.1) is 0 Å². The average Bonchev–Trinajstić information content (AvgIpc) is 2.47. The first-order valence-corrected chi connectivity index (χ1v) is 6.65. The van der Waals surface area contributed by atoms with Crippen LogP contribution in [0.15, 0.2) is 36.5 Å². The summed E-state index contributed by atoms with van der Waals surface area (Å²) in [6.07, 6.45) is 0.679. The SMILES string of the molecule is C=C1Cc2ccccc2C(=O)N1C1CCC(=O)N(O)C1=O. The Labute approximate surface area is 121 Å². The van der Waals surface area contributed by atoms with E-state index in [0.717, 1.165) is 5.56 Å². The maximum absolute atomic E-state index is 12.6. The lowest BCUT2D eigenvalue weighted by atomic mass is 9.93. The van der Waals surface area contributed by atoms with Crippen LogP contribution in [0.1, 0.15) is 28.8 Å². The van der Waals surface area contributed by atoms with Crippen LogP contribution in [0.2, 0.25) is 0 Å². The third-order valence-electron chi connectivity index (χ3n) is 3.88. The van der Waals surface area contributed by atoms with Gasteiger partial charge in [-0.15, -0.1) is 0 Å². The summed E-state index contributed by atoms with van der Waals surface area (Å²) in [5.41, 5.74) is 1.89. The summed E-state index contributed by atoms with van der Waals surface area (Å²) in [5, 5.41) is 9.59. The molecule has 2 aliphatic rings. The first kappa shape index (κ1) is 13.5. The lowest BCUT2D eigenvalue weighted by Crippen LogP contribution is -2.55. The number of nitrogens with zero attached hydrogens (tertiary/aromatic N) is 2. The fraction of sp³-hybridized carbons (Fsp3) is 0.267. The number of benzene rings is 1. The van der Waals surface area contributed by atoms with E-state index in [4.69, 9.17) is 0 Å². The molecule has 0 spiro atoms. The summed E-state index contributed by atoms with van der Waals surface area (Å²) >= 11 is 0. The molecular weight excluding hydrogens is 272 g/mol. The number of carbonyl (C=O) groups is 3. The van der Waals surface area contributed by atoms with Crippen molar-refractivity contribution in [2.45, 2.75) is 25.3 Å². The van der Waals surface area contributed by atoms with Gasteiger partial charge in [-0.1, -0.05) is 24.8 Å². The molecule has 0 aliphatic carbocycles. The van der Waals surface area contributed by atoms with E-state index >= 15 is 0 Å². The molecule has 2 heterocycles. The number of hydrogen-bond acceptors (Lipinski definition) is 4. The van der Waals surface area contributed by atoms with Crippen molar-refractivity contribution in [3.63, 3.8) is 0 Å². The maximum Gasteiger partial charge on any atom is 0.276 e. The first-order chi connectivity index (χ1) is 10.0. The van der Waals surface area contributed by atoms with Crippen LogP contribution in [0.5, 0.6) is 0 Å². The number of hydrogen-bond donors (Lipinski definition) is 1. The molecule has 108 valence electrons. The van der Waals surface area contributed by atoms with Crippen molar-refractivity contribution in [2.24, 2.45) is 0 Å². The Hall–Kier alpha value is -2.47. The molecule has 1 N–H and O–H groups in total. The second-order valence-corrected chi connectivity index (χ2v) is 5.17. The number of allylic oxidation sites excluding steroid dienone is 1. The number of carbonyl (C=O) groups excluding carboxylic acids is 3. The summed E-state index contributed by atoms with van der Waals surface area (Å²) in [4.78, 5) is 37.3. The molecule has 0 saturated carbocycles. The molecule has 1 aromatic carbocycles. The summed E-state index contributed by atoms with van der Waals surface area (Å²) in [5.74, 6) is -1.74. The van der Waals surface area contributed by atoms with Gasteiger partial charge in [0.05, 0.1) is 0 Å². The highest BCUT2D eigenvalue weighted by molar-refractivity contribution is 6.04. The number of hydroxylamine groups is 2. The van der Waals surface area contributed by atoms with E-state index in [0.29, 0.717) is 17.7 Å². The molecule has 0 radical (unpaired) electrons. The van der Waals surface area contributed by atoms with Crippen molar-refractivity contribution in [3.05, 3.63) is 47.7 Å². The van der Waals surface area contributed by atoms with Crippen molar-refractivity contribution in [1.29, 1.82) is 0 Å². The minimum atomic E-state index is -0.874. The minimum Gasteiger partial charge on any atom is -0.300 e. The van der Waals surface area contributed by atoms with E-state index in [2.05, 4.69) is 6.58 Å². The third kappa shape index (κ3) is 2.04. The Kier molecular flexibility index (Phi) is 3.10. The van der Waals surface area contributed by atoms with Gasteiger partial charge in [-0.3, -0.25) is 24.5 Å². The van der Waals surface area contributed by atoms with Crippen LogP contribution in [0.4, 0.5) is 0 Å². The van der Waals surface area contributed by atoms with Gasteiger partial charge < -0.3 is 0 Å². The van der Waals surface area contributed by atoms with Crippen molar-refractivity contribution in [3.8, 4) is 0 Å². The number of fused-ring (bicyclic) bond motifs is 1. The first-order valence-electron chi connectivity index (χ1n) is 6.65. The molecule has 3 rings (SSSR count). The predicted octanol–water partition coefficient (Wildman–Crippen LogP) is 1.11. The normalized spacial score (nSPS) is 22.6. The molecule has 21 heavy (non-hydrogen) atoms. The van der Waals surface area contributed by atoms with Gasteiger partial charge >= 0.3 is 0 Å². The summed E-state index contributed by atoms with van der Waals surface area (Å²) in [6.45, 7) is 3.87. The van der Waals surface area contributed by atoms with Crippen molar-refractivity contribution in [1.82, 2.24) is 9.96 Å². The topological polar surface area (TPSA) is 77.9 Å². The van der Waals surface area contributed by atoms with Gasteiger partial charge in [-0.25, -0.2) is 0 Å². The number of imide groups is 1. The lowest BCUT2D eigenvalue weighted by Gasteiger charge is -2.38. The van der Waals surface area contributed by atoms with Gasteiger partial charge in [0, 0.05) is 24.1 Å². The zero-order valence-corrected chi connectivity index (χ0v) is 11.3. The molecule has 6 heteroatoms. The minimum absolute atomic E-state index is 0.0195. The van der Waals surface area contributed by atoms with E-state index in [1.54, 1.807) is 12.1 Å². The van der Waals surface area contributed by atoms with Gasteiger partial charge in [-0.2, -0.15) is 5.06 Å². The molecule has 3 amide bonds. The van der Waals surface area contributed by atoms with Crippen LogP contribution >= 0.6 is 0 Å². The molecule has 0 aromatic heterocycles. The Bertz CT molecular complexity index is 667. The van der Waals surface area contributed by atoms with Gasteiger partial charge in [-0.05, 0) is 18.1 Å². The Morgan fingerprint density at radius 3 is 2.67 bits per heavy atom. The van der Waals surface area contributed by atoms with Crippen molar-refractivity contribution < 1.29 is 19.6 Å². The smallest absolute Gasteiger partial charge is 0.276 e. The highest BCUT2D eigenvalue weighted by Crippen LogP contribution is 2.30. The molecule has 6 nitrogen and oxygen atoms in total. The van der Waals surface area contributed by atoms with Crippen molar-refractivity contribution >= 4 is 17.7 Å². The monoisotopic (exact) mass is 286 g/mol. The molecule has 1 aromatic rings. The molecular formula is C15H14N2O4. The van der Waals surface area contributed by atoms with Gasteiger partial charge in [0.1, 0.15) is 6.04 Å². The summed E-state index contributed by atoms with van der Waals surface area (Å²) < 4.78 is 0. The zero-order valence-electron chi connectivity index (χ0n) is 11.3.